The number of nitrogen functional groups attached to an aromatic ring is 1. The van der Waals surface area contributed by atoms with Gasteiger partial charge in [-0.2, -0.15) is 0 Å². The number of halogens is 1. The minimum atomic E-state index is 0.605. The Bertz CT molecular complexity index is 560. The second-order valence-corrected chi connectivity index (χ2v) is 5.01. The molecule has 0 aliphatic rings. The van der Waals surface area contributed by atoms with Crippen molar-refractivity contribution in [2.45, 2.75) is 13.2 Å². The van der Waals surface area contributed by atoms with Gasteiger partial charge in [-0.3, -0.25) is 0 Å². The van der Waals surface area contributed by atoms with Crippen LogP contribution < -0.4 is 11.1 Å². The van der Waals surface area contributed by atoms with E-state index in [4.69, 9.17) is 10.5 Å². The lowest BCUT2D eigenvalue weighted by molar-refractivity contribution is 0.184. The zero-order valence-electron chi connectivity index (χ0n) is 10.7. The number of aromatic nitrogens is 1. The zero-order valence-corrected chi connectivity index (χ0v) is 12.3. The highest BCUT2D eigenvalue weighted by Crippen LogP contribution is 2.22. The van der Waals surface area contributed by atoms with Crippen molar-refractivity contribution in [2.75, 3.05) is 18.2 Å². The Morgan fingerprint density at radius 2 is 2.05 bits per heavy atom. The lowest BCUT2D eigenvalue weighted by Gasteiger charge is -2.11. The number of rotatable bonds is 5. The van der Waals surface area contributed by atoms with E-state index < -0.39 is 0 Å². The molecule has 1 aromatic carbocycles. The van der Waals surface area contributed by atoms with Crippen LogP contribution in [0.1, 0.15) is 11.1 Å². The Morgan fingerprint density at radius 1 is 1.32 bits per heavy atom. The van der Waals surface area contributed by atoms with Gasteiger partial charge >= 0.3 is 0 Å². The molecule has 0 aliphatic heterocycles. The lowest BCUT2D eigenvalue weighted by Crippen LogP contribution is -2.05. The molecule has 2 rings (SSSR count). The van der Waals surface area contributed by atoms with Gasteiger partial charge < -0.3 is 15.8 Å². The maximum Gasteiger partial charge on any atom is 0.140 e. The van der Waals surface area contributed by atoms with Gasteiger partial charge in [0.15, 0.2) is 0 Å². The predicted octanol–water partition coefficient (Wildman–Crippen LogP) is 3.18. The maximum absolute atomic E-state index is 5.66. The quantitative estimate of drug-likeness (QED) is 0.887. The van der Waals surface area contributed by atoms with E-state index in [2.05, 4.69) is 38.4 Å². The minimum Gasteiger partial charge on any atom is -0.397 e. The van der Waals surface area contributed by atoms with Crippen molar-refractivity contribution in [1.82, 2.24) is 4.98 Å². The normalized spacial score (nSPS) is 10.4. The fourth-order valence-electron chi connectivity index (χ4n) is 1.79. The molecule has 0 bridgehead atoms. The largest absolute Gasteiger partial charge is 0.397 e. The molecule has 2 aromatic rings. The fraction of sp³-hybridized carbons (Fsp3) is 0.214. The second kappa shape index (κ2) is 6.54. The van der Waals surface area contributed by atoms with Gasteiger partial charge in [0.25, 0.3) is 0 Å². The number of methoxy groups -OCH3 is 1. The molecule has 0 saturated heterocycles. The molecule has 4 nitrogen and oxygen atoms in total. The summed E-state index contributed by atoms with van der Waals surface area (Å²) in [6.07, 6.45) is 1.63. The molecule has 100 valence electrons. The van der Waals surface area contributed by atoms with Gasteiger partial charge in [0.1, 0.15) is 5.82 Å². The first kappa shape index (κ1) is 13.8. The third-order valence-corrected chi connectivity index (χ3v) is 3.33. The number of anilines is 2. The number of ether oxygens (including phenoxy) is 1. The Balaban J connectivity index is 2.10. The molecule has 0 atom stereocenters. The summed E-state index contributed by atoms with van der Waals surface area (Å²) in [6, 6.07) is 9.99. The SMILES string of the molecule is COCc1ccccc1CNc1ncc(N)cc1Br. The van der Waals surface area contributed by atoms with Crippen LogP contribution in [0, 0.1) is 0 Å². The van der Waals surface area contributed by atoms with Gasteiger partial charge in [-0.05, 0) is 33.1 Å². The van der Waals surface area contributed by atoms with Crippen molar-refractivity contribution in [3.63, 3.8) is 0 Å². The molecular weight excluding hydrogens is 306 g/mol. The van der Waals surface area contributed by atoms with Gasteiger partial charge in [0, 0.05) is 13.7 Å². The number of nitrogens with zero attached hydrogens (tertiary/aromatic N) is 1. The summed E-state index contributed by atoms with van der Waals surface area (Å²) in [7, 11) is 1.70. The van der Waals surface area contributed by atoms with Crippen LogP contribution in [-0.2, 0) is 17.9 Å². The molecule has 0 unspecified atom stereocenters. The smallest absolute Gasteiger partial charge is 0.140 e. The number of benzene rings is 1. The molecule has 1 aromatic heterocycles. The van der Waals surface area contributed by atoms with Crippen molar-refractivity contribution in [3.05, 3.63) is 52.1 Å². The minimum absolute atomic E-state index is 0.605. The van der Waals surface area contributed by atoms with Crippen molar-refractivity contribution in [3.8, 4) is 0 Å². The third kappa shape index (κ3) is 3.68. The number of pyridine rings is 1. The molecule has 3 N–H and O–H groups in total. The van der Waals surface area contributed by atoms with E-state index in [9.17, 15) is 0 Å². The van der Waals surface area contributed by atoms with E-state index >= 15 is 0 Å². The molecule has 1 heterocycles. The topological polar surface area (TPSA) is 60.2 Å². The van der Waals surface area contributed by atoms with E-state index in [-0.39, 0.29) is 0 Å². The molecule has 19 heavy (non-hydrogen) atoms. The summed E-state index contributed by atoms with van der Waals surface area (Å²) >= 11 is 3.44. The van der Waals surface area contributed by atoms with Crippen molar-refractivity contribution in [1.29, 1.82) is 0 Å². The Kier molecular flexibility index (Phi) is 4.76. The molecule has 0 spiro atoms. The van der Waals surface area contributed by atoms with Gasteiger partial charge in [-0.15, -0.1) is 0 Å². The van der Waals surface area contributed by atoms with Crippen LogP contribution in [0.15, 0.2) is 41.0 Å². The second-order valence-electron chi connectivity index (χ2n) is 4.15. The van der Waals surface area contributed by atoms with E-state index in [1.165, 1.54) is 11.1 Å². The highest BCUT2D eigenvalue weighted by atomic mass is 79.9. The predicted molar refractivity (Wildman–Crippen MR) is 80.8 cm³/mol. The van der Waals surface area contributed by atoms with Crippen molar-refractivity contribution >= 4 is 27.4 Å². The van der Waals surface area contributed by atoms with Crippen LogP contribution in [-0.4, -0.2) is 12.1 Å². The Morgan fingerprint density at radius 3 is 2.74 bits per heavy atom. The first-order chi connectivity index (χ1) is 9.20. The van der Waals surface area contributed by atoms with E-state index in [1.54, 1.807) is 13.3 Å². The number of nitrogens with two attached hydrogens (primary N) is 1. The number of nitrogens with one attached hydrogen (secondary N) is 1. The Hall–Kier alpha value is -1.59. The fourth-order valence-corrected chi connectivity index (χ4v) is 2.29. The van der Waals surface area contributed by atoms with Crippen molar-refractivity contribution < 1.29 is 4.74 Å². The monoisotopic (exact) mass is 321 g/mol. The molecule has 0 aliphatic carbocycles. The summed E-state index contributed by atoms with van der Waals surface area (Å²) < 4.78 is 6.05. The summed E-state index contributed by atoms with van der Waals surface area (Å²) in [4.78, 5) is 4.25. The highest BCUT2D eigenvalue weighted by Gasteiger charge is 2.04. The van der Waals surface area contributed by atoms with Crippen LogP contribution in [0.3, 0.4) is 0 Å². The van der Waals surface area contributed by atoms with Gasteiger partial charge in [0.05, 0.1) is 23.0 Å². The average Bonchev–Trinajstić information content (AvgIpc) is 2.40. The Labute approximate surface area is 121 Å². The molecule has 0 radical (unpaired) electrons. The van der Waals surface area contributed by atoms with E-state index in [1.807, 2.05) is 18.2 Å². The maximum atomic E-state index is 5.66. The number of hydrogen-bond acceptors (Lipinski definition) is 4. The van der Waals surface area contributed by atoms with Crippen LogP contribution in [0.5, 0.6) is 0 Å². The van der Waals surface area contributed by atoms with Gasteiger partial charge in [-0.25, -0.2) is 4.98 Å². The van der Waals surface area contributed by atoms with Gasteiger partial charge in [0.2, 0.25) is 0 Å². The van der Waals surface area contributed by atoms with Crippen LogP contribution in [0.4, 0.5) is 11.5 Å². The summed E-state index contributed by atoms with van der Waals surface area (Å²) in [5, 5.41) is 3.29. The molecule has 0 amide bonds. The average molecular weight is 322 g/mol. The van der Waals surface area contributed by atoms with Gasteiger partial charge in [-0.1, -0.05) is 24.3 Å². The van der Waals surface area contributed by atoms with Crippen molar-refractivity contribution in [2.24, 2.45) is 0 Å². The lowest BCUT2D eigenvalue weighted by atomic mass is 10.1. The van der Waals surface area contributed by atoms with E-state index in [0.717, 1.165) is 10.3 Å². The number of hydrogen-bond donors (Lipinski definition) is 2. The first-order valence-corrected chi connectivity index (χ1v) is 6.70. The van der Waals surface area contributed by atoms with Crippen LogP contribution in [0.25, 0.3) is 0 Å². The zero-order chi connectivity index (χ0) is 13.7. The molecule has 0 fully saturated rings. The molecular formula is C14H16BrN3O. The van der Waals surface area contributed by atoms with Crippen LogP contribution >= 0.6 is 15.9 Å². The third-order valence-electron chi connectivity index (χ3n) is 2.73. The van der Waals surface area contributed by atoms with Crippen LogP contribution in [0.2, 0.25) is 0 Å². The standard InChI is InChI=1S/C14H16BrN3O/c1-19-9-11-5-3-2-4-10(11)7-17-14-13(15)6-12(16)8-18-14/h2-6,8H,7,9,16H2,1H3,(H,17,18). The van der Waals surface area contributed by atoms with E-state index in [0.29, 0.717) is 18.8 Å². The highest BCUT2D eigenvalue weighted by molar-refractivity contribution is 9.10. The molecule has 5 heteroatoms. The molecule has 0 saturated carbocycles. The summed E-state index contributed by atoms with van der Waals surface area (Å²) in [5.41, 5.74) is 8.66. The summed E-state index contributed by atoms with van der Waals surface area (Å²) in [6.45, 7) is 1.29. The first-order valence-electron chi connectivity index (χ1n) is 5.91. The summed E-state index contributed by atoms with van der Waals surface area (Å²) in [5.74, 6) is 0.779.